The van der Waals surface area contributed by atoms with E-state index in [-0.39, 0.29) is 17.6 Å². The Morgan fingerprint density at radius 1 is 1.21 bits per heavy atom. The molecule has 0 radical (unpaired) electrons. The molecule has 1 fully saturated rings. The average Bonchev–Trinajstić information content (AvgIpc) is 3.01. The molecule has 28 heavy (non-hydrogen) atoms. The summed E-state index contributed by atoms with van der Waals surface area (Å²) in [6.45, 7) is 10.8. The minimum absolute atomic E-state index is 0.00259. The standard InChI is InChI=1S/C22H29N3O3/c1-14-20(17(4)26)15(2)23-21(14)22(27)16(3)24-9-11-25(12-10-24)18-7-6-8-19(13-18)28-5/h6-8,13,16,23H,9-12H2,1-5H3/p+1/t16-/m1/s1. The molecule has 150 valence electrons. The Hall–Kier alpha value is -2.60. The van der Waals surface area contributed by atoms with Crippen LogP contribution in [-0.4, -0.2) is 55.9 Å². The molecule has 1 aromatic heterocycles. The van der Waals surface area contributed by atoms with E-state index in [1.54, 1.807) is 14.0 Å². The van der Waals surface area contributed by atoms with E-state index in [1.807, 2.05) is 39.0 Å². The maximum absolute atomic E-state index is 13.1. The highest BCUT2D eigenvalue weighted by Crippen LogP contribution is 2.21. The number of benzene rings is 1. The van der Waals surface area contributed by atoms with Gasteiger partial charge >= 0.3 is 0 Å². The first-order valence-corrected chi connectivity index (χ1v) is 9.81. The molecule has 6 heteroatoms. The van der Waals surface area contributed by atoms with E-state index in [0.29, 0.717) is 11.3 Å². The number of piperazine rings is 1. The molecule has 2 heterocycles. The Bertz CT molecular complexity index is 879. The fraction of sp³-hybridized carbons (Fsp3) is 0.455. The second kappa shape index (κ2) is 8.19. The summed E-state index contributed by atoms with van der Waals surface area (Å²) in [5.74, 6) is 0.935. The molecule has 1 aromatic carbocycles. The van der Waals surface area contributed by atoms with Crippen LogP contribution in [0.5, 0.6) is 5.75 Å². The van der Waals surface area contributed by atoms with Crippen LogP contribution >= 0.6 is 0 Å². The predicted molar refractivity (Wildman–Crippen MR) is 110 cm³/mol. The second-order valence-electron chi connectivity index (χ2n) is 7.61. The van der Waals surface area contributed by atoms with Crippen LogP contribution in [0.3, 0.4) is 0 Å². The Morgan fingerprint density at radius 3 is 2.46 bits per heavy atom. The fourth-order valence-corrected chi connectivity index (χ4v) is 4.22. The number of aryl methyl sites for hydroxylation is 1. The molecule has 1 saturated heterocycles. The van der Waals surface area contributed by atoms with Crippen molar-refractivity contribution in [2.24, 2.45) is 0 Å². The zero-order chi connectivity index (χ0) is 20.4. The number of Topliss-reactive ketones (excluding diaryl/α,β-unsaturated/α-hetero) is 2. The molecule has 0 amide bonds. The van der Waals surface area contributed by atoms with Gasteiger partial charge in [-0.3, -0.25) is 9.59 Å². The number of rotatable bonds is 6. The third kappa shape index (κ3) is 3.83. The fourth-order valence-electron chi connectivity index (χ4n) is 4.22. The van der Waals surface area contributed by atoms with E-state index in [4.69, 9.17) is 4.74 Å². The van der Waals surface area contributed by atoms with Gasteiger partial charge in [-0.25, -0.2) is 0 Å². The summed E-state index contributed by atoms with van der Waals surface area (Å²) in [6, 6.07) is 7.94. The number of nitrogens with zero attached hydrogens (tertiary/aromatic N) is 1. The highest BCUT2D eigenvalue weighted by Gasteiger charge is 2.32. The number of aromatic amines is 1. The van der Waals surface area contributed by atoms with Crippen molar-refractivity contribution < 1.29 is 19.2 Å². The van der Waals surface area contributed by atoms with Crippen LogP contribution in [0.15, 0.2) is 24.3 Å². The van der Waals surface area contributed by atoms with Crippen LogP contribution < -0.4 is 14.5 Å². The number of ether oxygens (including phenoxy) is 1. The van der Waals surface area contributed by atoms with Gasteiger partial charge in [-0.15, -0.1) is 0 Å². The minimum atomic E-state index is -0.149. The smallest absolute Gasteiger partial charge is 0.235 e. The van der Waals surface area contributed by atoms with Gasteiger partial charge in [0.2, 0.25) is 5.78 Å². The van der Waals surface area contributed by atoms with Crippen molar-refractivity contribution in [3.05, 3.63) is 46.8 Å². The summed E-state index contributed by atoms with van der Waals surface area (Å²) in [5.41, 5.74) is 3.93. The molecule has 0 saturated carbocycles. The van der Waals surface area contributed by atoms with Gasteiger partial charge in [-0.05, 0) is 45.4 Å². The summed E-state index contributed by atoms with van der Waals surface area (Å²) in [4.78, 5) is 31.7. The van der Waals surface area contributed by atoms with Gasteiger partial charge < -0.3 is 19.5 Å². The van der Waals surface area contributed by atoms with Crippen LogP contribution in [0.25, 0.3) is 0 Å². The summed E-state index contributed by atoms with van der Waals surface area (Å²) < 4.78 is 5.32. The van der Waals surface area contributed by atoms with E-state index < -0.39 is 0 Å². The quantitative estimate of drug-likeness (QED) is 0.746. The van der Waals surface area contributed by atoms with Gasteiger partial charge in [0.1, 0.15) is 5.75 Å². The third-order valence-corrected chi connectivity index (χ3v) is 5.87. The maximum atomic E-state index is 13.1. The van der Waals surface area contributed by atoms with Crippen molar-refractivity contribution in [3.8, 4) is 5.75 Å². The molecule has 3 rings (SSSR count). The summed E-state index contributed by atoms with van der Waals surface area (Å²) in [5, 5.41) is 0. The van der Waals surface area contributed by atoms with Gasteiger partial charge in [0.25, 0.3) is 0 Å². The van der Waals surface area contributed by atoms with Crippen LogP contribution in [0.4, 0.5) is 5.69 Å². The summed E-state index contributed by atoms with van der Waals surface area (Å²) >= 11 is 0. The number of nitrogens with one attached hydrogen (secondary N) is 2. The number of hydrogen-bond acceptors (Lipinski definition) is 4. The van der Waals surface area contributed by atoms with Crippen LogP contribution in [0.1, 0.15) is 46.0 Å². The normalized spacial score (nSPS) is 16.1. The average molecular weight is 385 g/mol. The molecule has 1 aliphatic heterocycles. The topological polar surface area (TPSA) is 66.8 Å². The molecule has 2 aromatic rings. The van der Waals surface area contributed by atoms with E-state index in [9.17, 15) is 9.59 Å². The number of hydrogen-bond donors (Lipinski definition) is 2. The molecule has 6 nitrogen and oxygen atoms in total. The van der Waals surface area contributed by atoms with Crippen molar-refractivity contribution in [1.29, 1.82) is 0 Å². The number of carbonyl (C=O) groups excluding carboxylic acids is 2. The zero-order valence-corrected chi connectivity index (χ0v) is 17.4. The van der Waals surface area contributed by atoms with E-state index >= 15 is 0 Å². The maximum Gasteiger partial charge on any atom is 0.235 e. The first-order valence-electron chi connectivity index (χ1n) is 9.81. The Morgan fingerprint density at radius 2 is 1.89 bits per heavy atom. The SMILES string of the molecule is COc1cccc(N2CC[NH+]([C@H](C)C(=O)c3[nH]c(C)c(C(C)=O)c3C)CC2)c1. The van der Waals surface area contributed by atoms with Crippen molar-refractivity contribution >= 4 is 17.3 Å². The van der Waals surface area contributed by atoms with Crippen LogP contribution in [-0.2, 0) is 0 Å². The van der Waals surface area contributed by atoms with Crippen molar-refractivity contribution in [2.45, 2.75) is 33.7 Å². The first-order chi connectivity index (χ1) is 13.3. The van der Waals surface area contributed by atoms with Gasteiger partial charge in [-0.1, -0.05) is 6.07 Å². The van der Waals surface area contributed by atoms with Gasteiger partial charge in [0.15, 0.2) is 11.8 Å². The lowest BCUT2D eigenvalue weighted by Crippen LogP contribution is -3.18. The van der Waals surface area contributed by atoms with Gasteiger partial charge in [0.05, 0.1) is 39.0 Å². The molecular weight excluding hydrogens is 354 g/mol. The number of quaternary nitrogens is 1. The number of aromatic nitrogens is 1. The highest BCUT2D eigenvalue weighted by molar-refractivity contribution is 6.04. The van der Waals surface area contributed by atoms with Crippen molar-refractivity contribution in [3.63, 3.8) is 0 Å². The molecular formula is C22H30N3O3+. The zero-order valence-electron chi connectivity index (χ0n) is 17.4. The minimum Gasteiger partial charge on any atom is -0.497 e. The molecule has 0 unspecified atom stereocenters. The Kier molecular flexibility index (Phi) is 5.89. The lowest BCUT2D eigenvalue weighted by Gasteiger charge is -2.36. The molecule has 1 atom stereocenters. The third-order valence-electron chi connectivity index (χ3n) is 5.87. The summed E-state index contributed by atoms with van der Waals surface area (Å²) in [7, 11) is 1.68. The Labute approximate surface area is 166 Å². The van der Waals surface area contributed by atoms with E-state index in [2.05, 4.69) is 16.0 Å². The van der Waals surface area contributed by atoms with Crippen molar-refractivity contribution in [2.75, 3.05) is 38.2 Å². The molecule has 0 spiro atoms. The molecule has 1 aliphatic rings. The number of carbonyl (C=O) groups is 2. The van der Waals surface area contributed by atoms with Crippen LogP contribution in [0, 0.1) is 13.8 Å². The lowest BCUT2D eigenvalue weighted by atomic mass is 10.0. The molecule has 0 bridgehead atoms. The van der Waals surface area contributed by atoms with E-state index in [1.165, 1.54) is 4.90 Å². The summed E-state index contributed by atoms with van der Waals surface area (Å²) in [6.07, 6.45) is 0. The number of methoxy groups -OCH3 is 1. The largest absolute Gasteiger partial charge is 0.497 e. The molecule has 0 aliphatic carbocycles. The Balaban J connectivity index is 1.68. The number of anilines is 1. The molecule has 2 N–H and O–H groups in total. The highest BCUT2D eigenvalue weighted by atomic mass is 16.5. The number of H-pyrrole nitrogens is 1. The second-order valence-corrected chi connectivity index (χ2v) is 7.61. The predicted octanol–water partition coefficient (Wildman–Crippen LogP) is 1.82. The van der Waals surface area contributed by atoms with E-state index in [0.717, 1.165) is 48.9 Å². The van der Waals surface area contributed by atoms with Gasteiger partial charge in [-0.2, -0.15) is 0 Å². The van der Waals surface area contributed by atoms with Crippen molar-refractivity contribution in [1.82, 2.24) is 4.98 Å². The number of ketones is 2. The van der Waals surface area contributed by atoms with Gasteiger partial charge in [0, 0.05) is 23.0 Å². The van der Waals surface area contributed by atoms with Crippen LogP contribution in [0.2, 0.25) is 0 Å². The monoisotopic (exact) mass is 384 g/mol. The lowest BCUT2D eigenvalue weighted by molar-refractivity contribution is -0.914. The first kappa shape index (κ1) is 20.1.